The lowest BCUT2D eigenvalue weighted by Crippen LogP contribution is -2.39. The maximum absolute atomic E-state index is 12.5. The summed E-state index contributed by atoms with van der Waals surface area (Å²) in [5.74, 6) is 0.649. The fourth-order valence-electron chi connectivity index (χ4n) is 2.06. The summed E-state index contributed by atoms with van der Waals surface area (Å²) in [5.41, 5.74) is 6.78. The summed E-state index contributed by atoms with van der Waals surface area (Å²) in [6, 6.07) is 6.63. The number of halogens is 3. The highest BCUT2D eigenvalue weighted by atomic mass is 19.4. The lowest BCUT2D eigenvalue weighted by Gasteiger charge is -2.26. The van der Waals surface area contributed by atoms with Crippen molar-refractivity contribution in [1.82, 2.24) is 4.90 Å². The molecule has 1 aromatic carbocycles. The Morgan fingerprint density at radius 3 is 2.60 bits per heavy atom. The van der Waals surface area contributed by atoms with Crippen LogP contribution in [0.2, 0.25) is 0 Å². The Morgan fingerprint density at radius 1 is 1.35 bits per heavy atom. The van der Waals surface area contributed by atoms with Gasteiger partial charge in [0.1, 0.15) is 5.75 Å². The van der Waals surface area contributed by atoms with Crippen molar-refractivity contribution in [3.05, 3.63) is 29.8 Å². The molecule has 1 unspecified atom stereocenters. The molecule has 0 heterocycles. The van der Waals surface area contributed by atoms with E-state index in [9.17, 15) is 13.2 Å². The van der Waals surface area contributed by atoms with Gasteiger partial charge in [0, 0.05) is 12.6 Å². The van der Waals surface area contributed by atoms with Gasteiger partial charge in [0.2, 0.25) is 0 Å². The minimum Gasteiger partial charge on any atom is -0.497 e. The number of methoxy groups -OCH3 is 1. The second-order valence-corrected chi connectivity index (χ2v) is 4.73. The number of ether oxygens (including phenoxy) is 1. The molecule has 1 rings (SSSR count). The highest BCUT2D eigenvalue weighted by Gasteiger charge is 2.31. The van der Waals surface area contributed by atoms with Crippen LogP contribution in [0.4, 0.5) is 13.2 Å². The number of nitrogens with two attached hydrogens (primary N) is 1. The lowest BCUT2D eigenvalue weighted by atomic mass is 10.1. The van der Waals surface area contributed by atoms with Crippen LogP contribution in [0.1, 0.15) is 24.9 Å². The van der Waals surface area contributed by atoms with Crippen LogP contribution in [-0.2, 0) is 0 Å². The third kappa shape index (κ3) is 5.79. The molecule has 0 saturated carbocycles. The highest BCUT2D eigenvalue weighted by molar-refractivity contribution is 5.30. The summed E-state index contributed by atoms with van der Waals surface area (Å²) in [5, 5.41) is 0. The molecule has 1 atom stereocenters. The van der Waals surface area contributed by atoms with Gasteiger partial charge >= 0.3 is 6.18 Å². The van der Waals surface area contributed by atoms with Crippen molar-refractivity contribution in [3.63, 3.8) is 0 Å². The van der Waals surface area contributed by atoms with E-state index < -0.39 is 18.8 Å². The number of rotatable bonds is 7. The van der Waals surface area contributed by atoms with Crippen LogP contribution in [0.25, 0.3) is 0 Å². The molecule has 0 aromatic heterocycles. The van der Waals surface area contributed by atoms with Crippen LogP contribution >= 0.6 is 0 Å². The summed E-state index contributed by atoms with van der Waals surface area (Å²) in [4.78, 5) is 1.34. The number of hydrogen-bond acceptors (Lipinski definition) is 3. The smallest absolute Gasteiger partial charge is 0.401 e. The SMILES string of the molecule is CCCN(CC(N)c1cccc(OC)c1)CC(F)(F)F. The van der Waals surface area contributed by atoms with Crippen LogP contribution in [-0.4, -0.2) is 37.8 Å². The standard InChI is InChI=1S/C14H21F3N2O/c1-3-7-19(10-14(15,16)17)9-13(18)11-5-4-6-12(8-11)20-2/h4-6,8,13H,3,7,9-10,18H2,1-2H3. The Morgan fingerprint density at radius 2 is 2.05 bits per heavy atom. The first kappa shape index (κ1) is 16.8. The molecule has 0 bridgehead atoms. The quantitative estimate of drug-likeness (QED) is 0.839. The molecular weight excluding hydrogens is 269 g/mol. The Kier molecular flexibility index (Phi) is 6.29. The van der Waals surface area contributed by atoms with Crippen molar-refractivity contribution >= 4 is 0 Å². The zero-order chi connectivity index (χ0) is 15.2. The van der Waals surface area contributed by atoms with Crippen LogP contribution in [0.3, 0.4) is 0 Å². The van der Waals surface area contributed by atoms with Crippen LogP contribution in [0, 0.1) is 0 Å². The van der Waals surface area contributed by atoms with Gasteiger partial charge in [0.15, 0.2) is 0 Å². The predicted molar refractivity (Wildman–Crippen MR) is 72.7 cm³/mol. The van der Waals surface area contributed by atoms with Crippen molar-refractivity contribution in [1.29, 1.82) is 0 Å². The lowest BCUT2D eigenvalue weighted by molar-refractivity contribution is -0.146. The zero-order valence-corrected chi connectivity index (χ0v) is 11.8. The molecule has 0 radical (unpaired) electrons. The predicted octanol–water partition coefficient (Wildman–Crippen LogP) is 2.97. The average Bonchev–Trinajstić information content (AvgIpc) is 2.37. The first-order chi connectivity index (χ1) is 9.35. The molecular formula is C14H21F3N2O. The van der Waals surface area contributed by atoms with Crippen LogP contribution in [0.5, 0.6) is 5.75 Å². The molecule has 0 aliphatic carbocycles. The van der Waals surface area contributed by atoms with Gasteiger partial charge in [-0.05, 0) is 30.7 Å². The van der Waals surface area contributed by atoms with E-state index >= 15 is 0 Å². The van der Waals surface area contributed by atoms with Crippen molar-refractivity contribution < 1.29 is 17.9 Å². The largest absolute Gasteiger partial charge is 0.497 e. The van der Waals surface area contributed by atoms with E-state index in [-0.39, 0.29) is 6.54 Å². The van der Waals surface area contributed by atoms with E-state index in [1.807, 2.05) is 6.92 Å². The van der Waals surface area contributed by atoms with Gasteiger partial charge in [-0.15, -0.1) is 0 Å². The molecule has 2 N–H and O–H groups in total. The minimum atomic E-state index is -4.21. The summed E-state index contributed by atoms with van der Waals surface area (Å²) in [6.45, 7) is 1.46. The molecule has 6 heteroatoms. The van der Waals surface area contributed by atoms with Gasteiger partial charge in [0.25, 0.3) is 0 Å². The van der Waals surface area contributed by atoms with E-state index in [2.05, 4.69) is 0 Å². The fraction of sp³-hybridized carbons (Fsp3) is 0.571. The summed E-state index contributed by atoms with van der Waals surface area (Å²) >= 11 is 0. The van der Waals surface area contributed by atoms with Crippen LogP contribution < -0.4 is 10.5 Å². The van der Waals surface area contributed by atoms with E-state index in [0.29, 0.717) is 18.7 Å². The molecule has 0 aliphatic heterocycles. The molecule has 1 aromatic rings. The van der Waals surface area contributed by atoms with Crippen molar-refractivity contribution in [2.75, 3.05) is 26.7 Å². The zero-order valence-electron chi connectivity index (χ0n) is 11.8. The molecule has 0 aliphatic rings. The second-order valence-electron chi connectivity index (χ2n) is 4.73. The average molecular weight is 290 g/mol. The molecule has 0 spiro atoms. The van der Waals surface area contributed by atoms with Crippen LogP contribution in [0.15, 0.2) is 24.3 Å². The van der Waals surface area contributed by atoms with Crippen molar-refractivity contribution in [2.24, 2.45) is 5.73 Å². The maximum atomic E-state index is 12.5. The van der Waals surface area contributed by atoms with Gasteiger partial charge in [-0.3, -0.25) is 4.90 Å². The van der Waals surface area contributed by atoms with Gasteiger partial charge in [0.05, 0.1) is 13.7 Å². The van der Waals surface area contributed by atoms with Crippen molar-refractivity contribution in [2.45, 2.75) is 25.6 Å². The summed E-state index contributed by atoms with van der Waals surface area (Å²) in [6.07, 6.45) is -3.55. The van der Waals surface area contributed by atoms with E-state index in [0.717, 1.165) is 5.56 Å². The van der Waals surface area contributed by atoms with E-state index in [1.165, 1.54) is 12.0 Å². The molecule has 0 saturated heterocycles. The number of hydrogen-bond donors (Lipinski definition) is 1. The maximum Gasteiger partial charge on any atom is 0.401 e. The monoisotopic (exact) mass is 290 g/mol. The Labute approximate surface area is 117 Å². The molecule has 20 heavy (non-hydrogen) atoms. The third-order valence-electron chi connectivity index (χ3n) is 2.92. The molecule has 114 valence electrons. The number of nitrogens with zero attached hydrogens (tertiary/aromatic N) is 1. The number of benzene rings is 1. The van der Waals surface area contributed by atoms with Gasteiger partial charge < -0.3 is 10.5 Å². The number of alkyl halides is 3. The minimum absolute atomic E-state index is 0.167. The topological polar surface area (TPSA) is 38.5 Å². The summed E-state index contributed by atoms with van der Waals surface area (Å²) < 4.78 is 42.6. The molecule has 3 nitrogen and oxygen atoms in total. The van der Waals surface area contributed by atoms with Gasteiger partial charge in [-0.25, -0.2) is 0 Å². The van der Waals surface area contributed by atoms with Crippen molar-refractivity contribution in [3.8, 4) is 5.75 Å². The summed E-state index contributed by atoms with van der Waals surface area (Å²) in [7, 11) is 1.54. The van der Waals surface area contributed by atoms with Gasteiger partial charge in [-0.1, -0.05) is 19.1 Å². The molecule has 0 fully saturated rings. The first-order valence-corrected chi connectivity index (χ1v) is 6.54. The Balaban J connectivity index is 2.71. The first-order valence-electron chi connectivity index (χ1n) is 6.54. The Bertz CT molecular complexity index is 410. The van der Waals surface area contributed by atoms with E-state index in [4.69, 9.17) is 10.5 Å². The second kappa shape index (κ2) is 7.50. The highest BCUT2D eigenvalue weighted by Crippen LogP contribution is 2.21. The van der Waals surface area contributed by atoms with Gasteiger partial charge in [-0.2, -0.15) is 13.2 Å². The normalized spacial score (nSPS) is 13.6. The molecule has 0 amide bonds. The van der Waals surface area contributed by atoms with E-state index in [1.54, 1.807) is 24.3 Å². The fourth-order valence-corrected chi connectivity index (χ4v) is 2.06. The third-order valence-corrected chi connectivity index (χ3v) is 2.92. The Hall–Kier alpha value is -1.27.